The molecule has 0 saturated heterocycles. The Bertz CT molecular complexity index is 1040. The first-order valence-electron chi connectivity index (χ1n) is 13.1. The van der Waals surface area contributed by atoms with E-state index < -0.39 is 8.32 Å². The maximum absolute atomic E-state index is 13.3. The second kappa shape index (κ2) is 10.4. The van der Waals surface area contributed by atoms with Crippen molar-refractivity contribution in [3.05, 3.63) is 16.8 Å². The van der Waals surface area contributed by atoms with Crippen LogP contribution < -0.4 is 10.6 Å². The van der Waals surface area contributed by atoms with Gasteiger partial charge in [0.25, 0.3) is 0 Å². The van der Waals surface area contributed by atoms with Crippen LogP contribution in [0, 0.1) is 0 Å². The summed E-state index contributed by atoms with van der Waals surface area (Å²) < 4.78 is 6.25. The number of aryl methyl sites for hydroxylation is 1. The van der Waals surface area contributed by atoms with E-state index in [2.05, 4.69) is 73.5 Å². The van der Waals surface area contributed by atoms with Gasteiger partial charge in [-0.25, -0.2) is 9.97 Å². The number of carbonyl (C=O) groups excluding carboxylic acids is 1. The highest BCUT2D eigenvalue weighted by molar-refractivity contribution is 7.19. The maximum atomic E-state index is 13.3. The van der Waals surface area contributed by atoms with Crippen LogP contribution in [-0.4, -0.2) is 68.4 Å². The van der Waals surface area contributed by atoms with Crippen molar-refractivity contribution < 1.29 is 9.22 Å². The molecule has 0 bridgehead atoms. The van der Waals surface area contributed by atoms with Gasteiger partial charge in [-0.15, -0.1) is 11.3 Å². The van der Waals surface area contributed by atoms with E-state index in [1.54, 1.807) is 17.7 Å². The van der Waals surface area contributed by atoms with E-state index in [9.17, 15) is 4.79 Å². The second-order valence-corrected chi connectivity index (χ2v) is 17.8. The molecule has 7 nitrogen and oxygen atoms in total. The number of hydrogen-bond donors (Lipinski definition) is 2. The monoisotopic (exact) mass is 517 g/mol. The predicted octanol–water partition coefficient (Wildman–Crippen LogP) is 5.14. The molecular formula is C26H43N5O2SSi. The molecule has 0 aliphatic heterocycles. The zero-order valence-corrected chi connectivity index (χ0v) is 24.3. The zero-order valence-electron chi connectivity index (χ0n) is 22.5. The lowest BCUT2D eigenvalue weighted by Gasteiger charge is -2.36. The predicted molar refractivity (Wildman–Crippen MR) is 148 cm³/mol. The molecule has 2 aromatic rings. The average molecular weight is 518 g/mol. The Morgan fingerprint density at radius 3 is 2.54 bits per heavy atom. The third kappa shape index (κ3) is 5.73. The average Bonchev–Trinajstić information content (AvgIpc) is 3.36. The number of hydrogen-bond acceptors (Lipinski definition) is 7. The smallest absolute Gasteiger partial charge is 0.227 e. The van der Waals surface area contributed by atoms with Crippen LogP contribution in [0.25, 0.3) is 10.2 Å². The van der Waals surface area contributed by atoms with Crippen LogP contribution in [0.1, 0.15) is 69.2 Å². The fraction of sp³-hybridized carbons (Fsp3) is 0.731. The highest BCUT2D eigenvalue weighted by Gasteiger charge is 2.37. The lowest BCUT2D eigenvalue weighted by Crippen LogP contribution is -2.43. The van der Waals surface area contributed by atoms with Crippen molar-refractivity contribution in [1.82, 2.24) is 20.2 Å². The molecule has 1 fully saturated rings. The molecule has 2 aliphatic rings. The van der Waals surface area contributed by atoms with Crippen molar-refractivity contribution in [3.63, 3.8) is 0 Å². The summed E-state index contributed by atoms with van der Waals surface area (Å²) in [5.41, 5.74) is 1.15. The largest absolute Gasteiger partial charge is 0.415 e. The van der Waals surface area contributed by atoms with Gasteiger partial charge < -0.3 is 20.0 Å². The fourth-order valence-electron chi connectivity index (χ4n) is 5.10. The molecule has 2 N–H and O–H groups in total. The summed E-state index contributed by atoms with van der Waals surface area (Å²) in [7, 11) is 2.54. The molecule has 9 heteroatoms. The summed E-state index contributed by atoms with van der Waals surface area (Å²) in [6.07, 6.45) is 8.12. The molecule has 0 radical (unpaired) electrons. The Morgan fingerprint density at radius 1 is 1.17 bits per heavy atom. The summed E-state index contributed by atoms with van der Waals surface area (Å²) in [5, 5.41) is 8.12. The lowest BCUT2D eigenvalue weighted by atomic mass is 9.90. The fourth-order valence-corrected chi connectivity index (χ4v) is 7.36. The molecule has 1 atom stereocenters. The van der Waals surface area contributed by atoms with Crippen molar-refractivity contribution in [3.8, 4) is 0 Å². The van der Waals surface area contributed by atoms with Gasteiger partial charge >= 0.3 is 0 Å². The molecule has 1 saturated carbocycles. The van der Waals surface area contributed by atoms with Gasteiger partial charge in [-0.3, -0.25) is 4.79 Å². The standard InChI is InChI=1S/C26H43N5O2SSi/c1-26(2,3)35(6,7)33-15-14-27-24(32)19-12-13-20-21(19)22-23(28-16-29-25(22)34-20)30-17-8-10-18(11-9-17)31(4)5/h16-19H,8-15H2,1-7H3,(H,27,32)(H,28,29,30). The van der Waals surface area contributed by atoms with Gasteiger partial charge in [0.05, 0.1) is 17.9 Å². The van der Waals surface area contributed by atoms with Crippen LogP contribution in [0.5, 0.6) is 0 Å². The number of fused-ring (bicyclic) bond motifs is 3. The van der Waals surface area contributed by atoms with Crippen molar-refractivity contribution >= 4 is 41.6 Å². The van der Waals surface area contributed by atoms with E-state index in [0.29, 0.717) is 25.2 Å². The lowest BCUT2D eigenvalue weighted by molar-refractivity contribution is -0.122. The van der Waals surface area contributed by atoms with Gasteiger partial charge in [0.1, 0.15) is 17.0 Å². The number of nitrogens with zero attached hydrogens (tertiary/aromatic N) is 3. The first kappa shape index (κ1) is 26.5. The topological polar surface area (TPSA) is 79.4 Å². The molecule has 1 amide bonds. The van der Waals surface area contributed by atoms with Gasteiger partial charge in [-0.1, -0.05) is 20.8 Å². The quantitative estimate of drug-likeness (QED) is 0.373. The minimum atomic E-state index is -1.81. The zero-order chi connectivity index (χ0) is 25.4. The number of carbonyl (C=O) groups is 1. The number of rotatable bonds is 8. The van der Waals surface area contributed by atoms with Crippen LogP contribution in [0.15, 0.2) is 6.33 Å². The molecule has 2 aromatic heterocycles. The van der Waals surface area contributed by atoms with Crippen molar-refractivity contribution in [2.75, 3.05) is 32.6 Å². The van der Waals surface area contributed by atoms with Crippen LogP contribution in [0.2, 0.25) is 18.1 Å². The van der Waals surface area contributed by atoms with Gasteiger partial charge in [-0.05, 0) is 76.3 Å². The highest BCUT2D eigenvalue weighted by atomic mass is 32.1. The Labute approximate surface area is 215 Å². The summed E-state index contributed by atoms with van der Waals surface area (Å²) >= 11 is 1.73. The van der Waals surface area contributed by atoms with E-state index in [1.165, 1.54) is 17.7 Å². The van der Waals surface area contributed by atoms with E-state index >= 15 is 0 Å². The molecule has 35 heavy (non-hydrogen) atoms. The number of nitrogens with one attached hydrogen (secondary N) is 2. The molecule has 0 aromatic carbocycles. The van der Waals surface area contributed by atoms with Gasteiger partial charge in [-0.2, -0.15) is 0 Å². The molecule has 194 valence electrons. The van der Waals surface area contributed by atoms with Crippen molar-refractivity contribution in [2.24, 2.45) is 0 Å². The third-order valence-electron chi connectivity index (χ3n) is 8.37. The highest BCUT2D eigenvalue weighted by Crippen LogP contribution is 2.45. The van der Waals surface area contributed by atoms with Crippen molar-refractivity contribution in [1.29, 1.82) is 0 Å². The van der Waals surface area contributed by atoms with Gasteiger partial charge in [0.15, 0.2) is 8.32 Å². The molecule has 0 spiro atoms. The summed E-state index contributed by atoms with van der Waals surface area (Å²) in [6, 6.07) is 1.08. The molecular weight excluding hydrogens is 474 g/mol. The third-order valence-corrected chi connectivity index (χ3v) is 14.1. The minimum Gasteiger partial charge on any atom is -0.415 e. The molecule has 2 heterocycles. The number of amides is 1. The molecule has 1 unspecified atom stereocenters. The first-order valence-corrected chi connectivity index (χ1v) is 16.8. The van der Waals surface area contributed by atoms with Crippen LogP contribution in [-0.2, 0) is 15.6 Å². The van der Waals surface area contributed by atoms with Gasteiger partial charge in [0, 0.05) is 23.5 Å². The van der Waals surface area contributed by atoms with E-state index in [1.807, 2.05) is 0 Å². The molecule has 4 rings (SSSR count). The van der Waals surface area contributed by atoms with Crippen LogP contribution >= 0.6 is 11.3 Å². The Kier molecular flexibility index (Phi) is 7.90. The normalized spacial score (nSPS) is 23.0. The Morgan fingerprint density at radius 2 is 1.89 bits per heavy atom. The maximum Gasteiger partial charge on any atom is 0.227 e. The second-order valence-electron chi connectivity index (χ2n) is 11.9. The SMILES string of the molecule is CN(C)C1CCC(Nc2ncnc3sc4c(c23)C(C(=O)NCCO[Si](C)(C)C(C)(C)C)CC4)CC1. The summed E-state index contributed by atoms with van der Waals surface area (Å²) in [4.78, 5) is 27.1. The summed E-state index contributed by atoms with van der Waals surface area (Å²) in [6.45, 7) is 12.3. The Hall–Kier alpha value is -1.55. The first-order chi connectivity index (χ1) is 16.5. The number of aromatic nitrogens is 2. The Balaban J connectivity index is 1.43. The van der Waals surface area contributed by atoms with Gasteiger partial charge in [0.2, 0.25) is 5.91 Å². The number of thiophene rings is 1. The van der Waals surface area contributed by atoms with Crippen molar-refractivity contribution in [2.45, 2.75) is 95.4 Å². The van der Waals surface area contributed by atoms with Crippen LogP contribution in [0.4, 0.5) is 5.82 Å². The van der Waals surface area contributed by atoms with E-state index in [-0.39, 0.29) is 16.9 Å². The molecule has 2 aliphatic carbocycles. The van der Waals surface area contributed by atoms with Crippen LogP contribution in [0.3, 0.4) is 0 Å². The minimum absolute atomic E-state index is 0.101. The van der Waals surface area contributed by atoms with E-state index in [4.69, 9.17) is 4.43 Å². The number of anilines is 1. The summed E-state index contributed by atoms with van der Waals surface area (Å²) in [5.74, 6) is 0.869. The van der Waals surface area contributed by atoms with E-state index in [0.717, 1.165) is 47.3 Å².